The molecule has 0 aliphatic carbocycles. The largest absolute Gasteiger partial charge is 0.489 e. The van der Waals surface area contributed by atoms with Crippen LogP contribution in [0.2, 0.25) is 0 Å². The van der Waals surface area contributed by atoms with Crippen LogP contribution >= 0.6 is 0 Å². The van der Waals surface area contributed by atoms with E-state index in [2.05, 4.69) is 22.5 Å². The number of amides is 2. The first-order chi connectivity index (χ1) is 21.1. The number of hydrogen-bond acceptors (Lipinski definition) is 7. The molecule has 3 rings (SSSR count). The van der Waals surface area contributed by atoms with Crippen LogP contribution in [0.5, 0.6) is 17.2 Å². The minimum Gasteiger partial charge on any atom is -0.489 e. The molecule has 232 valence electrons. The van der Waals surface area contributed by atoms with Crippen LogP contribution in [0.3, 0.4) is 0 Å². The molecule has 3 aromatic carbocycles. The van der Waals surface area contributed by atoms with Crippen molar-refractivity contribution in [3.8, 4) is 29.1 Å². The minimum atomic E-state index is -1.65. The summed E-state index contributed by atoms with van der Waals surface area (Å²) in [6.07, 6.45) is 0. The van der Waals surface area contributed by atoms with Gasteiger partial charge in [-0.05, 0) is 47.7 Å². The lowest BCUT2D eigenvalue weighted by atomic mass is 10.0. The Kier molecular flexibility index (Phi) is 12.6. The standard InChI is InChI=1S/C34H39N3O7/c1-22(2)19-43-30-15-13-28(32(38)36-17-16-35)27(31(30)44-20-23(3)4)12-10-25-18-26(42-21-24-8-6-5-7-9-24)11-14-29(25)37-33(39)34(40)41/h5-9,11,13-15,18,22-23H,16-17,19-21,35H2,1-4H3,(H,36,38)(H,37,39)(H,40,41). The average Bonchev–Trinajstić information content (AvgIpc) is 3.00. The predicted molar refractivity (Wildman–Crippen MR) is 168 cm³/mol. The molecule has 0 heterocycles. The van der Waals surface area contributed by atoms with E-state index in [4.69, 9.17) is 19.9 Å². The van der Waals surface area contributed by atoms with Crippen LogP contribution in [0.1, 0.15) is 54.7 Å². The fourth-order valence-electron chi connectivity index (χ4n) is 3.79. The highest BCUT2D eigenvalue weighted by Crippen LogP contribution is 2.35. The van der Waals surface area contributed by atoms with Crippen molar-refractivity contribution < 1.29 is 33.7 Å². The minimum absolute atomic E-state index is 0.156. The van der Waals surface area contributed by atoms with E-state index in [1.165, 1.54) is 6.07 Å². The number of ether oxygens (including phenoxy) is 3. The topological polar surface area (TPSA) is 149 Å². The van der Waals surface area contributed by atoms with Crippen molar-refractivity contribution in [3.05, 3.63) is 82.9 Å². The van der Waals surface area contributed by atoms with E-state index in [0.717, 1.165) is 5.56 Å². The number of rotatable bonds is 13. The van der Waals surface area contributed by atoms with Gasteiger partial charge < -0.3 is 35.7 Å². The molecule has 5 N–H and O–H groups in total. The number of hydrogen-bond donors (Lipinski definition) is 4. The van der Waals surface area contributed by atoms with Crippen LogP contribution in [0, 0.1) is 23.7 Å². The molecule has 0 aliphatic heterocycles. The SMILES string of the molecule is CC(C)COc1ccc(C(=O)NCCN)c(C#Cc2cc(OCc3ccccc3)ccc2NC(=O)C(=O)O)c1OCC(C)C. The fraction of sp³-hybridized carbons (Fsp3) is 0.324. The lowest BCUT2D eigenvalue weighted by Gasteiger charge is -2.19. The molecule has 10 nitrogen and oxygen atoms in total. The summed E-state index contributed by atoms with van der Waals surface area (Å²) in [5.41, 5.74) is 7.49. The van der Waals surface area contributed by atoms with Crippen LogP contribution in [-0.4, -0.2) is 49.2 Å². The lowest BCUT2D eigenvalue weighted by molar-refractivity contribution is -0.147. The highest BCUT2D eigenvalue weighted by Gasteiger charge is 2.21. The third-order valence-corrected chi connectivity index (χ3v) is 5.93. The number of nitrogens with two attached hydrogens (primary N) is 1. The zero-order valence-corrected chi connectivity index (χ0v) is 25.4. The second-order valence-corrected chi connectivity index (χ2v) is 10.8. The van der Waals surface area contributed by atoms with Crippen molar-refractivity contribution in [1.82, 2.24) is 5.32 Å². The third-order valence-electron chi connectivity index (χ3n) is 5.93. The molecule has 0 atom stereocenters. The highest BCUT2D eigenvalue weighted by molar-refractivity contribution is 6.36. The van der Waals surface area contributed by atoms with Gasteiger partial charge in [0.1, 0.15) is 12.4 Å². The van der Waals surface area contributed by atoms with Crippen LogP contribution in [0.4, 0.5) is 5.69 Å². The Bertz CT molecular complexity index is 1510. The number of anilines is 1. The van der Waals surface area contributed by atoms with Gasteiger partial charge in [-0.25, -0.2) is 4.79 Å². The van der Waals surface area contributed by atoms with E-state index in [1.54, 1.807) is 24.3 Å². The Balaban J connectivity index is 2.15. The van der Waals surface area contributed by atoms with Crippen molar-refractivity contribution in [2.24, 2.45) is 17.6 Å². The monoisotopic (exact) mass is 601 g/mol. The van der Waals surface area contributed by atoms with E-state index >= 15 is 0 Å². The van der Waals surface area contributed by atoms with E-state index in [0.29, 0.717) is 30.5 Å². The lowest BCUT2D eigenvalue weighted by Crippen LogP contribution is -2.29. The van der Waals surface area contributed by atoms with Gasteiger partial charge >= 0.3 is 11.9 Å². The van der Waals surface area contributed by atoms with E-state index in [-0.39, 0.29) is 53.9 Å². The molecule has 0 spiro atoms. The Morgan fingerprint density at radius 2 is 1.59 bits per heavy atom. The molecule has 44 heavy (non-hydrogen) atoms. The van der Waals surface area contributed by atoms with Gasteiger partial charge in [-0.1, -0.05) is 69.9 Å². The van der Waals surface area contributed by atoms with Gasteiger partial charge in [-0.3, -0.25) is 9.59 Å². The first-order valence-corrected chi connectivity index (χ1v) is 14.4. The first kappa shape index (κ1) is 33.5. The predicted octanol–water partition coefficient (Wildman–Crippen LogP) is 4.45. The summed E-state index contributed by atoms with van der Waals surface area (Å²) in [5.74, 6) is 4.36. The maximum atomic E-state index is 13.2. The number of carboxylic acid groups (broad SMARTS) is 1. The van der Waals surface area contributed by atoms with Crippen LogP contribution in [0.25, 0.3) is 0 Å². The maximum Gasteiger partial charge on any atom is 0.394 e. The van der Waals surface area contributed by atoms with Gasteiger partial charge in [0.05, 0.1) is 35.6 Å². The summed E-state index contributed by atoms with van der Waals surface area (Å²) in [4.78, 5) is 36.5. The number of aliphatic carboxylic acids is 1. The Morgan fingerprint density at radius 1 is 0.886 bits per heavy atom. The van der Waals surface area contributed by atoms with Gasteiger partial charge in [-0.15, -0.1) is 0 Å². The average molecular weight is 602 g/mol. The summed E-state index contributed by atoms with van der Waals surface area (Å²) >= 11 is 0. The normalized spacial score (nSPS) is 10.5. The van der Waals surface area contributed by atoms with Crippen LogP contribution in [0.15, 0.2) is 60.7 Å². The molecular weight excluding hydrogens is 562 g/mol. The van der Waals surface area contributed by atoms with Crippen LogP contribution in [-0.2, 0) is 16.2 Å². The third kappa shape index (κ3) is 10.1. The zero-order chi connectivity index (χ0) is 32.1. The zero-order valence-electron chi connectivity index (χ0n) is 25.4. The van der Waals surface area contributed by atoms with Gasteiger partial charge in [0.2, 0.25) is 0 Å². The maximum absolute atomic E-state index is 13.2. The molecule has 0 bridgehead atoms. The van der Waals surface area contributed by atoms with Crippen molar-refractivity contribution in [3.63, 3.8) is 0 Å². The van der Waals surface area contributed by atoms with Crippen molar-refractivity contribution in [2.45, 2.75) is 34.3 Å². The molecule has 0 radical (unpaired) electrons. The van der Waals surface area contributed by atoms with E-state index in [9.17, 15) is 19.5 Å². The molecule has 3 aromatic rings. The molecule has 0 aliphatic rings. The van der Waals surface area contributed by atoms with Crippen molar-refractivity contribution in [1.29, 1.82) is 0 Å². The first-order valence-electron chi connectivity index (χ1n) is 14.4. The molecule has 0 aromatic heterocycles. The van der Waals surface area contributed by atoms with E-state index < -0.39 is 17.8 Å². The Morgan fingerprint density at radius 3 is 2.25 bits per heavy atom. The van der Waals surface area contributed by atoms with Gasteiger partial charge in [0.15, 0.2) is 11.5 Å². The molecule has 10 heteroatoms. The second kappa shape index (κ2) is 16.6. The Labute approximate surface area is 257 Å². The highest BCUT2D eigenvalue weighted by atomic mass is 16.5. The van der Waals surface area contributed by atoms with Crippen molar-refractivity contribution >= 4 is 23.5 Å². The summed E-state index contributed by atoms with van der Waals surface area (Å²) in [6, 6.07) is 17.6. The number of carbonyl (C=O) groups is 3. The molecule has 0 saturated carbocycles. The quantitative estimate of drug-likeness (QED) is 0.166. The second-order valence-electron chi connectivity index (χ2n) is 10.8. The van der Waals surface area contributed by atoms with Crippen LogP contribution < -0.4 is 30.6 Å². The summed E-state index contributed by atoms with van der Waals surface area (Å²) < 4.78 is 18.2. The molecule has 0 unspecified atom stereocenters. The van der Waals surface area contributed by atoms with Gasteiger partial charge in [0.25, 0.3) is 5.91 Å². The smallest absolute Gasteiger partial charge is 0.394 e. The molecular formula is C34H39N3O7. The number of carbonyl (C=O) groups excluding carboxylic acids is 2. The molecule has 2 amide bonds. The Hall–Kier alpha value is -5.01. The number of nitrogens with one attached hydrogen (secondary N) is 2. The number of carboxylic acids is 1. The molecule has 0 fully saturated rings. The van der Waals surface area contributed by atoms with Gasteiger partial charge in [-0.2, -0.15) is 0 Å². The van der Waals surface area contributed by atoms with E-state index in [1.807, 2.05) is 58.0 Å². The van der Waals surface area contributed by atoms with Gasteiger partial charge in [0, 0.05) is 13.1 Å². The summed E-state index contributed by atoms with van der Waals surface area (Å²) in [6.45, 7) is 9.56. The summed E-state index contributed by atoms with van der Waals surface area (Å²) in [5, 5.41) is 14.3. The fourth-order valence-corrected chi connectivity index (χ4v) is 3.79. The number of benzene rings is 3. The molecule has 0 saturated heterocycles. The summed E-state index contributed by atoms with van der Waals surface area (Å²) in [7, 11) is 0. The van der Waals surface area contributed by atoms with Crippen molar-refractivity contribution in [2.75, 3.05) is 31.6 Å².